The molecule has 0 radical (unpaired) electrons. The summed E-state index contributed by atoms with van der Waals surface area (Å²) < 4.78 is 10.8. The number of aromatic nitrogens is 1. The Morgan fingerprint density at radius 2 is 1.85 bits per heavy atom. The van der Waals surface area contributed by atoms with Crippen molar-refractivity contribution >= 4 is 11.3 Å². The van der Waals surface area contributed by atoms with Gasteiger partial charge in [0.15, 0.2) is 0 Å². The number of nitrogens with zero attached hydrogens (tertiary/aromatic N) is 1. The highest BCUT2D eigenvalue weighted by Crippen LogP contribution is 2.22. The fraction of sp³-hybridized carbons (Fsp3) is 0.400. The van der Waals surface area contributed by atoms with E-state index in [0.29, 0.717) is 13.2 Å². The summed E-state index contributed by atoms with van der Waals surface area (Å²) in [5.41, 5.74) is 3.14. The van der Waals surface area contributed by atoms with Crippen molar-refractivity contribution in [3.63, 3.8) is 0 Å². The molecule has 1 heterocycles. The molecule has 0 saturated heterocycles. The Hall–Kier alpha value is -1.43. The van der Waals surface area contributed by atoms with Gasteiger partial charge in [0.25, 0.3) is 0 Å². The van der Waals surface area contributed by atoms with E-state index in [1.165, 1.54) is 22.5 Å². The van der Waals surface area contributed by atoms with Gasteiger partial charge >= 0.3 is 0 Å². The molecule has 0 amide bonds. The average Bonchev–Trinajstić information content (AvgIpc) is 2.78. The van der Waals surface area contributed by atoms with Gasteiger partial charge in [0.05, 0.1) is 23.8 Å². The maximum atomic E-state index is 9.29. The second-order valence-corrected chi connectivity index (χ2v) is 5.85. The number of hydrogen-bond acceptors (Lipinski definition) is 5. The third-order valence-electron chi connectivity index (χ3n) is 2.80. The first kappa shape index (κ1) is 15.0. The van der Waals surface area contributed by atoms with Gasteiger partial charge in [-0.1, -0.05) is 6.07 Å². The van der Waals surface area contributed by atoms with E-state index in [9.17, 15) is 5.11 Å². The number of rotatable bonds is 6. The van der Waals surface area contributed by atoms with E-state index in [0.717, 1.165) is 21.3 Å². The SMILES string of the molecule is COCc1nc(COc2cc(C)cc(C)c2)sc1CO. The molecule has 0 atom stereocenters. The van der Waals surface area contributed by atoms with Gasteiger partial charge in [0, 0.05) is 7.11 Å². The summed E-state index contributed by atoms with van der Waals surface area (Å²) in [7, 11) is 1.62. The van der Waals surface area contributed by atoms with Crippen molar-refractivity contribution in [3.05, 3.63) is 44.9 Å². The van der Waals surface area contributed by atoms with E-state index >= 15 is 0 Å². The van der Waals surface area contributed by atoms with Crippen LogP contribution in [0.3, 0.4) is 0 Å². The molecule has 2 aromatic rings. The predicted molar refractivity (Wildman–Crippen MR) is 79.0 cm³/mol. The Kier molecular flexibility index (Phi) is 5.11. The topological polar surface area (TPSA) is 51.6 Å². The fourth-order valence-electron chi connectivity index (χ4n) is 2.03. The van der Waals surface area contributed by atoms with Gasteiger partial charge < -0.3 is 14.6 Å². The minimum atomic E-state index is -0.0140. The number of aliphatic hydroxyl groups is 1. The molecule has 0 saturated carbocycles. The summed E-state index contributed by atoms with van der Waals surface area (Å²) in [6.45, 7) is 4.90. The largest absolute Gasteiger partial charge is 0.486 e. The maximum absolute atomic E-state index is 9.29. The lowest BCUT2D eigenvalue weighted by molar-refractivity contribution is 0.178. The van der Waals surface area contributed by atoms with Gasteiger partial charge in [0.1, 0.15) is 17.4 Å². The Labute approximate surface area is 123 Å². The van der Waals surface area contributed by atoms with Crippen LogP contribution < -0.4 is 4.74 Å². The van der Waals surface area contributed by atoms with E-state index in [1.54, 1.807) is 7.11 Å². The number of methoxy groups -OCH3 is 1. The smallest absolute Gasteiger partial charge is 0.140 e. The van der Waals surface area contributed by atoms with Gasteiger partial charge in [-0.25, -0.2) is 4.98 Å². The van der Waals surface area contributed by atoms with E-state index in [1.807, 2.05) is 26.0 Å². The molecule has 0 fully saturated rings. The highest BCUT2D eigenvalue weighted by atomic mass is 32.1. The molecule has 20 heavy (non-hydrogen) atoms. The summed E-state index contributed by atoms with van der Waals surface area (Å²) in [5, 5.41) is 10.1. The quantitative estimate of drug-likeness (QED) is 0.889. The summed E-state index contributed by atoms with van der Waals surface area (Å²) in [5.74, 6) is 0.844. The molecular weight excluding hydrogens is 274 g/mol. The Balaban J connectivity index is 2.06. The predicted octanol–water partition coefficient (Wildman–Crippen LogP) is 2.98. The maximum Gasteiger partial charge on any atom is 0.140 e. The van der Waals surface area contributed by atoms with Crippen molar-refractivity contribution in [3.8, 4) is 5.75 Å². The van der Waals surface area contributed by atoms with Crippen LogP contribution in [0.15, 0.2) is 18.2 Å². The van der Waals surface area contributed by atoms with E-state index in [-0.39, 0.29) is 6.61 Å². The zero-order chi connectivity index (χ0) is 14.5. The minimum Gasteiger partial charge on any atom is -0.486 e. The first-order valence-corrected chi connectivity index (χ1v) is 7.22. The van der Waals surface area contributed by atoms with Crippen LogP contribution in [0.2, 0.25) is 0 Å². The molecule has 0 bridgehead atoms. The number of aryl methyl sites for hydroxylation is 2. The van der Waals surface area contributed by atoms with E-state index in [2.05, 4.69) is 11.1 Å². The van der Waals surface area contributed by atoms with Crippen molar-refractivity contribution in [1.29, 1.82) is 0 Å². The van der Waals surface area contributed by atoms with Crippen LogP contribution in [0, 0.1) is 13.8 Å². The molecule has 5 heteroatoms. The van der Waals surface area contributed by atoms with Crippen molar-refractivity contribution < 1.29 is 14.6 Å². The van der Waals surface area contributed by atoms with Gasteiger partial charge in [-0.2, -0.15) is 0 Å². The fourth-order valence-corrected chi connectivity index (χ4v) is 2.88. The van der Waals surface area contributed by atoms with Gasteiger partial charge in [-0.3, -0.25) is 0 Å². The van der Waals surface area contributed by atoms with Crippen molar-refractivity contribution in [1.82, 2.24) is 4.98 Å². The molecule has 1 aromatic heterocycles. The number of thiazole rings is 1. The lowest BCUT2D eigenvalue weighted by Crippen LogP contribution is -1.97. The van der Waals surface area contributed by atoms with E-state index in [4.69, 9.17) is 9.47 Å². The standard InChI is InChI=1S/C15H19NO3S/c1-10-4-11(2)6-12(5-10)19-9-15-16-13(8-18-3)14(7-17)20-15/h4-6,17H,7-9H2,1-3H3. The van der Waals surface area contributed by atoms with Crippen molar-refractivity contribution in [2.24, 2.45) is 0 Å². The zero-order valence-electron chi connectivity index (χ0n) is 12.0. The molecule has 1 N–H and O–H groups in total. The van der Waals surface area contributed by atoms with Crippen LogP contribution in [0.1, 0.15) is 26.7 Å². The summed E-state index contributed by atoms with van der Waals surface area (Å²) in [6.07, 6.45) is 0. The molecule has 4 nitrogen and oxygen atoms in total. The zero-order valence-corrected chi connectivity index (χ0v) is 12.8. The summed E-state index contributed by atoms with van der Waals surface area (Å²) >= 11 is 1.46. The van der Waals surface area contributed by atoms with Gasteiger partial charge in [-0.05, 0) is 37.1 Å². The van der Waals surface area contributed by atoms with Gasteiger partial charge in [-0.15, -0.1) is 11.3 Å². The van der Waals surface area contributed by atoms with Crippen molar-refractivity contribution in [2.75, 3.05) is 7.11 Å². The van der Waals surface area contributed by atoms with Crippen LogP contribution >= 0.6 is 11.3 Å². The van der Waals surface area contributed by atoms with Gasteiger partial charge in [0.2, 0.25) is 0 Å². The number of hydrogen-bond donors (Lipinski definition) is 1. The Morgan fingerprint density at radius 3 is 2.45 bits per heavy atom. The Bertz CT molecular complexity index is 560. The van der Waals surface area contributed by atoms with Crippen LogP contribution in [0.5, 0.6) is 5.75 Å². The molecule has 0 unspecified atom stereocenters. The molecule has 0 aliphatic rings. The normalized spacial score (nSPS) is 10.8. The van der Waals surface area contributed by atoms with Crippen LogP contribution in [-0.4, -0.2) is 17.2 Å². The average molecular weight is 293 g/mol. The van der Waals surface area contributed by atoms with Crippen LogP contribution in [-0.2, 0) is 24.6 Å². The van der Waals surface area contributed by atoms with Crippen LogP contribution in [0.4, 0.5) is 0 Å². The lowest BCUT2D eigenvalue weighted by atomic mass is 10.1. The minimum absolute atomic E-state index is 0.0140. The first-order chi connectivity index (χ1) is 9.62. The highest BCUT2D eigenvalue weighted by Gasteiger charge is 2.10. The molecule has 0 aliphatic carbocycles. The second kappa shape index (κ2) is 6.83. The molecule has 1 aromatic carbocycles. The molecular formula is C15H19NO3S. The number of benzene rings is 1. The third-order valence-corrected chi connectivity index (χ3v) is 3.86. The number of ether oxygens (including phenoxy) is 2. The summed E-state index contributed by atoms with van der Waals surface area (Å²) in [4.78, 5) is 5.28. The van der Waals surface area contributed by atoms with Crippen LogP contribution in [0.25, 0.3) is 0 Å². The molecule has 2 rings (SSSR count). The van der Waals surface area contributed by atoms with Crippen molar-refractivity contribution in [2.45, 2.75) is 33.7 Å². The lowest BCUT2D eigenvalue weighted by Gasteiger charge is -2.06. The highest BCUT2D eigenvalue weighted by molar-refractivity contribution is 7.11. The Morgan fingerprint density at radius 1 is 1.15 bits per heavy atom. The number of aliphatic hydroxyl groups excluding tert-OH is 1. The molecule has 108 valence electrons. The van der Waals surface area contributed by atoms with E-state index < -0.39 is 0 Å². The molecule has 0 aliphatic heterocycles. The first-order valence-electron chi connectivity index (χ1n) is 6.40. The summed E-state index contributed by atoms with van der Waals surface area (Å²) in [6, 6.07) is 6.12. The third kappa shape index (κ3) is 3.79. The molecule has 0 spiro atoms. The monoisotopic (exact) mass is 293 g/mol. The second-order valence-electron chi connectivity index (χ2n) is 4.68.